The maximum Gasteiger partial charge on any atom is 0.340 e. The molecule has 1 heterocycles. The summed E-state index contributed by atoms with van der Waals surface area (Å²) in [6, 6.07) is 29.4. The van der Waals surface area contributed by atoms with Gasteiger partial charge >= 0.3 is 5.63 Å². The first-order chi connectivity index (χ1) is 14.2. The zero-order valence-corrected chi connectivity index (χ0v) is 16.8. The molecule has 3 nitrogen and oxygen atoms in total. The van der Waals surface area contributed by atoms with E-state index in [1.165, 1.54) is 11.8 Å². The van der Waals surface area contributed by atoms with Crippen molar-refractivity contribution in [1.29, 1.82) is 0 Å². The molecule has 0 amide bonds. The van der Waals surface area contributed by atoms with Crippen LogP contribution in [-0.2, 0) is 6.42 Å². The zero-order chi connectivity index (χ0) is 20.1. The lowest BCUT2D eigenvalue weighted by Crippen LogP contribution is -2.10. The van der Waals surface area contributed by atoms with Crippen molar-refractivity contribution in [1.82, 2.24) is 0 Å². The molecule has 3 aromatic carbocycles. The lowest BCUT2D eigenvalue weighted by molar-refractivity contribution is 0.405. The van der Waals surface area contributed by atoms with E-state index < -0.39 is 0 Å². The Morgan fingerprint density at radius 2 is 1.48 bits per heavy atom. The Morgan fingerprint density at radius 3 is 2.21 bits per heavy atom. The maximum absolute atomic E-state index is 13.0. The van der Waals surface area contributed by atoms with Crippen molar-refractivity contribution in [2.75, 3.05) is 7.11 Å². The molecule has 4 rings (SSSR count). The van der Waals surface area contributed by atoms with Gasteiger partial charge in [0, 0.05) is 16.9 Å². The van der Waals surface area contributed by atoms with E-state index in [2.05, 4.69) is 0 Å². The summed E-state index contributed by atoms with van der Waals surface area (Å²) in [6.07, 6.45) is 0.510. The molecule has 29 heavy (non-hydrogen) atoms. The molecular formula is C25H20O3S. The first-order valence-electron chi connectivity index (χ1n) is 9.32. The Labute approximate surface area is 174 Å². The molecule has 0 unspecified atom stereocenters. The number of methoxy groups -OCH3 is 1. The van der Waals surface area contributed by atoms with Gasteiger partial charge in [-0.2, -0.15) is 0 Å². The van der Waals surface area contributed by atoms with Crippen LogP contribution in [0.3, 0.4) is 0 Å². The largest absolute Gasteiger partial charge is 0.496 e. The Bertz CT molecular complexity index is 1150. The lowest BCUT2D eigenvalue weighted by Gasteiger charge is -2.12. The summed E-state index contributed by atoms with van der Waals surface area (Å²) in [6.45, 7) is 0. The van der Waals surface area contributed by atoms with Crippen LogP contribution in [0.25, 0.3) is 11.3 Å². The highest BCUT2D eigenvalue weighted by molar-refractivity contribution is 7.99. The zero-order valence-electron chi connectivity index (χ0n) is 16.0. The molecule has 0 aliphatic carbocycles. The van der Waals surface area contributed by atoms with E-state index >= 15 is 0 Å². The number of hydrogen-bond acceptors (Lipinski definition) is 4. The highest BCUT2D eigenvalue weighted by Crippen LogP contribution is 2.37. The van der Waals surface area contributed by atoms with Crippen LogP contribution >= 0.6 is 11.8 Å². The average Bonchev–Trinajstić information content (AvgIpc) is 2.77. The lowest BCUT2D eigenvalue weighted by atomic mass is 10.1. The highest BCUT2D eigenvalue weighted by atomic mass is 32.2. The summed E-state index contributed by atoms with van der Waals surface area (Å²) < 4.78 is 11.2. The predicted octanol–water partition coefficient (Wildman–Crippen LogP) is 6.06. The van der Waals surface area contributed by atoms with Crippen molar-refractivity contribution in [3.8, 4) is 17.1 Å². The topological polar surface area (TPSA) is 39.4 Å². The van der Waals surface area contributed by atoms with Gasteiger partial charge in [-0.15, -0.1) is 0 Å². The van der Waals surface area contributed by atoms with Crippen LogP contribution in [-0.4, -0.2) is 7.11 Å². The standard InChI is InChI=1S/C25H20O3S/c1-27-21-14-8-9-15-23(21)29-24-17-22(19-12-6-3-7-13-19)28-25(26)20(24)16-18-10-4-2-5-11-18/h2-15,17H,16H2,1H3. The van der Waals surface area contributed by atoms with Gasteiger partial charge in [-0.3, -0.25) is 0 Å². The fourth-order valence-electron chi connectivity index (χ4n) is 3.11. The monoisotopic (exact) mass is 400 g/mol. The molecule has 1 aromatic heterocycles. The highest BCUT2D eigenvalue weighted by Gasteiger charge is 2.16. The third-order valence-electron chi connectivity index (χ3n) is 4.58. The van der Waals surface area contributed by atoms with Crippen LogP contribution in [0, 0.1) is 0 Å². The molecule has 0 aliphatic rings. The first-order valence-corrected chi connectivity index (χ1v) is 10.1. The molecule has 0 atom stereocenters. The van der Waals surface area contributed by atoms with Crippen LogP contribution in [0.2, 0.25) is 0 Å². The molecule has 144 valence electrons. The Balaban J connectivity index is 1.82. The molecule has 4 aromatic rings. The molecule has 0 saturated carbocycles. The second kappa shape index (κ2) is 8.84. The molecule has 0 bridgehead atoms. The smallest absolute Gasteiger partial charge is 0.340 e. The second-order valence-corrected chi connectivity index (χ2v) is 7.61. The van der Waals surface area contributed by atoms with Gasteiger partial charge < -0.3 is 9.15 Å². The van der Waals surface area contributed by atoms with E-state index in [0.29, 0.717) is 17.7 Å². The van der Waals surface area contributed by atoms with Gasteiger partial charge in [0.1, 0.15) is 11.5 Å². The molecule has 0 fully saturated rings. The van der Waals surface area contributed by atoms with Crippen molar-refractivity contribution in [3.63, 3.8) is 0 Å². The summed E-state index contributed by atoms with van der Waals surface area (Å²) in [5.74, 6) is 1.34. The van der Waals surface area contributed by atoms with E-state index in [-0.39, 0.29) is 5.63 Å². The maximum atomic E-state index is 13.0. The van der Waals surface area contributed by atoms with E-state index in [9.17, 15) is 4.79 Å². The molecule has 4 heteroatoms. The van der Waals surface area contributed by atoms with Crippen molar-refractivity contribution in [2.45, 2.75) is 16.2 Å². The quantitative estimate of drug-likeness (QED) is 0.394. The second-order valence-electron chi connectivity index (χ2n) is 6.52. The van der Waals surface area contributed by atoms with Gasteiger partial charge in [0.25, 0.3) is 0 Å². The summed E-state index contributed by atoms with van der Waals surface area (Å²) in [4.78, 5) is 14.8. The fraction of sp³-hybridized carbons (Fsp3) is 0.0800. The van der Waals surface area contributed by atoms with Crippen molar-refractivity contribution >= 4 is 11.8 Å². The molecule has 0 saturated heterocycles. The Hall–Kier alpha value is -3.24. The van der Waals surface area contributed by atoms with Gasteiger partial charge in [0.05, 0.1) is 17.6 Å². The van der Waals surface area contributed by atoms with Crippen LogP contribution in [0.4, 0.5) is 0 Å². The van der Waals surface area contributed by atoms with Crippen molar-refractivity contribution in [2.24, 2.45) is 0 Å². The van der Waals surface area contributed by atoms with E-state index in [0.717, 1.165) is 26.7 Å². The van der Waals surface area contributed by atoms with Crippen LogP contribution in [0.5, 0.6) is 5.75 Å². The SMILES string of the molecule is COc1ccccc1Sc1cc(-c2ccccc2)oc(=O)c1Cc1ccccc1. The van der Waals surface area contributed by atoms with E-state index in [1.54, 1.807) is 7.11 Å². The number of hydrogen-bond donors (Lipinski definition) is 0. The minimum absolute atomic E-state index is 0.312. The average molecular weight is 400 g/mol. The van der Waals surface area contributed by atoms with E-state index in [4.69, 9.17) is 9.15 Å². The van der Waals surface area contributed by atoms with Crippen molar-refractivity contribution in [3.05, 3.63) is 113 Å². The Kier molecular flexibility index (Phi) is 5.82. The minimum Gasteiger partial charge on any atom is -0.496 e. The molecule has 0 N–H and O–H groups in total. The van der Waals surface area contributed by atoms with Crippen LogP contribution in [0.1, 0.15) is 11.1 Å². The van der Waals surface area contributed by atoms with Crippen LogP contribution < -0.4 is 10.4 Å². The number of rotatable bonds is 6. The fourth-order valence-corrected chi connectivity index (χ4v) is 4.19. The number of ether oxygens (including phenoxy) is 1. The van der Waals surface area contributed by atoms with Crippen LogP contribution in [0.15, 0.2) is 110 Å². The molecule has 0 spiro atoms. The third kappa shape index (κ3) is 4.44. The Morgan fingerprint density at radius 1 is 0.828 bits per heavy atom. The summed E-state index contributed by atoms with van der Waals surface area (Å²) in [5, 5.41) is 0. The van der Waals surface area contributed by atoms with Crippen molar-refractivity contribution < 1.29 is 9.15 Å². The summed E-state index contributed by atoms with van der Waals surface area (Å²) in [5.41, 5.74) is 2.27. The normalized spacial score (nSPS) is 10.7. The number of benzene rings is 3. The van der Waals surface area contributed by atoms with Gasteiger partial charge in [-0.25, -0.2) is 4.79 Å². The van der Waals surface area contributed by atoms with Gasteiger partial charge in [-0.1, -0.05) is 84.6 Å². The van der Waals surface area contributed by atoms with E-state index in [1.807, 2.05) is 91.0 Å². The number of para-hydroxylation sites is 1. The van der Waals surface area contributed by atoms with Gasteiger partial charge in [-0.05, 0) is 23.8 Å². The third-order valence-corrected chi connectivity index (χ3v) is 5.72. The molecular weight excluding hydrogens is 380 g/mol. The first kappa shape index (κ1) is 19.1. The van der Waals surface area contributed by atoms with Gasteiger partial charge in [0.15, 0.2) is 0 Å². The minimum atomic E-state index is -0.312. The van der Waals surface area contributed by atoms with Gasteiger partial charge in [0.2, 0.25) is 0 Å². The molecule has 0 aliphatic heterocycles. The predicted molar refractivity (Wildman–Crippen MR) is 117 cm³/mol. The summed E-state index contributed by atoms with van der Waals surface area (Å²) >= 11 is 1.52. The molecule has 0 radical (unpaired) electrons. The summed E-state index contributed by atoms with van der Waals surface area (Å²) in [7, 11) is 1.65.